The zero-order valence-electron chi connectivity index (χ0n) is 13.7. The first-order valence-electron chi connectivity index (χ1n) is 7.37. The van der Waals surface area contributed by atoms with E-state index in [0.717, 1.165) is 22.3 Å². The average Bonchev–Trinajstić information content (AvgIpc) is 2.39. The summed E-state index contributed by atoms with van der Waals surface area (Å²) < 4.78 is 33.5. The number of rotatable bonds is 2. The Labute approximate surface area is 128 Å². The van der Waals surface area contributed by atoms with Crippen LogP contribution in [0, 0.1) is 27.7 Å². The van der Waals surface area contributed by atoms with Gasteiger partial charge in [-0.2, -0.15) is 4.31 Å². The Morgan fingerprint density at radius 2 is 1.62 bits per heavy atom. The van der Waals surface area contributed by atoms with Gasteiger partial charge in [-0.05, 0) is 63.8 Å². The number of ether oxygens (including phenoxy) is 1. The molecule has 0 amide bonds. The van der Waals surface area contributed by atoms with E-state index >= 15 is 0 Å². The van der Waals surface area contributed by atoms with Crippen molar-refractivity contribution in [3.63, 3.8) is 0 Å². The van der Waals surface area contributed by atoms with Crippen LogP contribution in [0.3, 0.4) is 0 Å². The Morgan fingerprint density at radius 3 is 2.14 bits per heavy atom. The highest BCUT2D eigenvalue weighted by molar-refractivity contribution is 7.89. The summed E-state index contributed by atoms with van der Waals surface area (Å²) in [6.45, 7) is 12.4. The van der Waals surface area contributed by atoms with Gasteiger partial charge in [-0.25, -0.2) is 8.42 Å². The molecule has 2 unspecified atom stereocenters. The summed E-state index contributed by atoms with van der Waals surface area (Å²) in [5, 5.41) is 0. The molecule has 1 saturated heterocycles. The van der Waals surface area contributed by atoms with Crippen molar-refractivity contribution in [2.75, 3.05) is 13.2 Å². The van der Waals surface area contributed by atoms with Crippen molar-refractivity contribution in [1.82, 2.24) is 4.31 Å². The van der Waals surface area contributed by atoms with Crippen LogP contribution in [0.4, 0.5) is 0 Å². The standard InChI is InChI=1S/C16H25NO3S/c1-10-7-11(2)15(6)16(14(10)5)21(18,19)17-8-13(4)20-9-12(17)3/h7,12-13H,8-9H2,1-6H3. The van der Waals surface area contributed by atoms with Crippen LogP contribution in [0.15, 0.2) is 11.0 Å². The van der Waals surface area contributed by atoms with E-state index in [1.807, 2.05) is 41.5 Å². The highest BCUT2D eigenvalue weighted by atomic mass is 32.2. The van der Waals surface area contributed by atoms with Crippen LogP contribution in [-0.2, 0) is 14.8 Å². The van der Waals surface area contributed by atoms with Gasteiger partial charge in [0.15, 0.2) is 0 Å². The molecular weight excluding hydrogens is 286 g/mol. The summed E-state index contributed by atoms with van der Waals surface area (Å²) in [5.41, 5.74) is 3.74. The molecule has 0 N–H and O–H groups in total. The third kappa shape index (κ3) is 2.87. The predicted octanol–water partition coefficient (Wildman–Crippen LogP) is 2.72. The van der Waals surface area contributed by atoms with Gasteiger partial charge >= 0.3 is 0 Å². The molecule has 2 atom stereocenters. The van der Waals surface area contributed by atoms with Crippen molar-refractivity contribution in [2.24, 2.45) is 0 Å². The van der Waals surface area contributed by atoms with Crippen molar-refractivity contribution >= 4 is 10.0 Å². The van der Waals surface area contributed by atoms with Gasteiger partial charge in [-0.3, -0.25) is 0 Å². The fourth-order valence-corrected chi connectivity index (χ4v) is 5.16. The molecule has 1 aromatic rings. The maximum atomic E-state index is 13.2. The quantitative estimate of drug-likeness (QED) is 0.843. The lowest BCUT2D eigenvalue weighted by Crippen LogP contribution is -2.50. The van der Waals surface area contributed by atoms with Crippen molar-refractivity contribution in [1.29, 1.82) is 0 Å². The maximum Gasteiger partial charge on any atom is 0.244 e. The number of sulfonamides is 1. The van der Waals surface area contributed by atoms with Gasteiger partial charge in [0.2, 0.25) is 10.0 Å². The molecule has 0 aromatic heterocycles. The van der Waals surface area contributed by atoms with Crippen molar-refractivity contribution in [3.05, 3.63) is 28.3 Å². The summed E-state index contributed by atoms with van der Waals surface area (Å²) >= 11 is 0. The highest BCUT2D eigenvalue weighted by Crippen LogP contribution is 2.30. The van der Waals surface area contributed by atoms with Crippen LogP contribution < -0.4 is 0 Å². The molecule has 1 aromatic carbocycles. The zero-order chi connectivity index (χ0) is 15.9. The smallest absolute Gasteiger partial charge is 0.244 e. The van der Waals surface area contributed by atoms with E-state index in [4.69, 9.17) is 4.74 Å². The number of benzene rings is 1. The van der Waals surface area contributed by atoms with Crippen LogP contribution in [0.2, 0.25) is 0 Å². The number of morpholine rings is 1. The van der Waals surface area contributed by atoms with E-state index in [9.17, 15) is 8.42 Å². The SMILES string of the molecule is Cc1cc(C)c(C)c(S(=O)(=O)N2CC(C)OCC2C)c1C. The van der Waals surface area contributed by atoms with E-state index in [0.29, 0.717) is 18.0 Å². The normalized spacial score (nSPS) is 24.3. The molecule has 0 saturated carbocycles. The minimum atomic E-state index is -3.50. The van der Waals surface area contributed by atoms with Crippen LogP contribution in [0.25, 0.3) is 0 Å². The average molecular weight is 311 g/mol. The molecule has 1 heterocycles. The zero-order valence-corrected chi connectivity index (χ0v) is 14.5. The molecule has 0 spiro atoms. The summed E-state index contributed by atoms with van der Waals surface area (Å²) in [5.74, 6) is 0. The van der Waals surface area contributed by atoms with Gasteiger partial charge in [0.1, 0.15) is 0 Å². The highest BCUT2D eigenvalue weighted by Gasteiger charge is 2.36. The number of hydrogen-bond donors (Lipinski definition) is 0. The van der Waals surface area contributed by atoms with Crippen LogP contribution >= 0.6 is 0 Å². The third-order valence-corrected chi connectivity index (χ3v) is 6.67. The lowest BCUT2D eigenvalue weighted by atomic mass is 10.0. The van der Waals surface area contributed by atoms with Gasteiger partial charge in [-0.1, -0.05) is 6.07 Å². The lowest BCUT2D eigenvalue weighted by molar-refractivity contribution is -0.0170. The Morgan fingerprint density at radius 1 is 1.10 bits per heavy atom. The maximum absolute atomic E-state index is 13.2. The van der Waals surface area contributed by atoms with E-state index in [1.54, 1.807) is 4.31 Å². The Hall–Kier alpha value is -0.910. The molecule has 1 aliphatic rings. The largest absolute Gasteiger partial charge is 0.375 e. The summed E-state index contributed by atoms with van der Waals surface area (Å²) in [4.78, 5) is 0.473. The fraction of sp³-hybridized carbons (Fsp3) is 0.625. The molecular formula is C16H25NO3S. The second kappa shape index (κ2) is 5.71. The van der Waals surface area contributed by atoms with Gasteiger partial charge < -0.3 is 4.74 Å². The Balaban J connectivity index is 2.59. The van der Waals surface area contributed by atoms with Crippen LogP contribution in [-0.4, -0.2) is 38.0 Å². The van der Waals surface area contributed by atoms with E-state index in [-0.39, 0.29) is 12.1 Å². The predicted molar refractivity (Wildman–Crippen MR) is 84.2 cm³/mol. The van der Waals surface area contributed by atoms with Gasteiger partial charge in [0.25, 0.3) is 0 Å². The first-order chi connectivity index (χ1) is 9.66. The summed E-state index contributed by atoms with van der Waals surface area (Å²) in [6, 6.07) is 1.92. The van der Waals surface area contributed by atoms with Gasteiger partial charge in [-0.15, -0.1) is 0 Å². The summed E-state index contributed by atoms with van der Waals surface area (Å²) in [6.07, 6.45) is -0.0671. The van der Waals surface area contributed by atoms with E-state index in [2.05, 4.69) is 6.07 Å². The van der Waals surface area contributed by atoms with Crippen LogP contribution in [0.5, 0.6) is 0 Å². The molecule has 4 nitrogen and oxygen atoms in total. The number of aryl methyl sites for hydroxylation is 2. The van der Waals surface area contributed by atoms with Gasteiger partial charge in [0, 0.05) is 12.6 Å². The molecule has 0 aliphatic carbocycles. The van der Waals surface area contributed by atoms with Crippen molar-refractivity contribution in [2.45, 2.75) is 58.6 Å². The van der Waals surface area contributed by atoms with Crippen molar-refractivity contribution < 1.29 is 13.2 Å². The lowest BCUT2D eigenvalue weighted by Gasteiger charge is -2.36. The van der Waals surface area contributed by atoms with E-state index in [1.165, 1.54) is 0 Å². The first-order valence-corrected chi connectivity index (χ1v) is 8.81. The Bertz CT molecular complexity index is 626. The van der Waals surface area contributed by atoms with Gasteiger partial charge in [0.05, 0.1) is 17.6 Å². The minimum absolute atomic E-state index is 0.0671. The minimum Gasteiger partial charge on any atom is -0.375 e. The topological polar surface area (TPSA) is 46.6 Å². The molecule has 21 heavy (non-hydrogen) atoms. The third-order valence-electron chi connectivity index (χ3n) is 4.41. The molecule has 1 aliphatic heterocycles. The Kier molecular flexibility index (Phi) is 4.47. The molecule has 5 heteroatoms. The van der Waals surface area contributed by atoms with Crippen molar-refractivity contribution in [3.8, 4) is 0 Å². The summed E-state index contributed by atoms with van der Waals surface area (Å²) in [7, 11) is -3.50. The molecule has 1 fully saturated rings. The molecule has 0 bridgehead atoms. The van der Waals surface area contributed by atoms with Crippen LogP contribution in [0.1, 0.15) is 36.1 Å². The number of hydrogen-bond acceptors (Lipinski definition) is 3. The molecule has 118 valence electrons. The fourth-order valence-electron chi connectivity index (χ4n) is 2.89. The first kappa shape index (κ1) is 16.5. The molecule has 0 radical (unpaired) electrons. The second-order valence-electron chi connectivity index (χ2n) is 6.16. The van der Waals surface area contributed by atoms with E-state index < -0.39 is 10.0 Å². The molecule has 2 rings (SSSR count). The number of nitrogens with zero attached hydrogens (tertiary/aromatic N) is 1. The monoisotopic (exact) mass is 311 g/mol. The second-order valence-corrected chi connectivity index (χ2v) is 7.98.